The third-order valence-electron chi connectivity index (χ3n) is 2.59. The average Bonchev–Trinajstić information content (AvgIpc) is 2.38. The van der Waals surface area contributed by atoms with Crippen molar-refractivity contribution >= 4 is 55.0 Å². The number of carbonyl (C=O) groups is 1. The molecule has 0 unspecified atom stereocenters. The Morgan fingerprint density at radius 1 is 1.40 bits per heavy atom. The van der Waals surface area contributed by atoms with Crippen molar-refractivity contribution in [3.63, 3.8) is 0 Å². The second kappa shape index (κ2) is 8.59. The SMILES string of the molecule is CN(CCC(N)=S)C(=O)CCOc1ccc(Br)cc1Br. The molecule has 1 aromatic carbocycles. The molecule has 0 fully saturated rings. The van der Waals surface area contributed by atoms with Crippen LogP contribution in [0.25, 0.3) is 0 Å². The second-order valence-electron chi connectivity index (χ2n) is 4.20. The zero-order valence-corrected chi connectivity index (χ0v) is 15.1. The lowest BCUT2D eigenvalue weighted by atomic mass is 10.3. The predicted molar refractivity (Wildman–Crippen MR) is 91.0 cm³/mol. The fourth-order valence-electron chi connectivity index (χ4n) is 1.43. The minimum atomic E-state index is 0.00878. The highest BCUT2D eigenvalue weighted by atomic mass is 79.9. The zero-order chi connectivity index (χ0) is 15.1. The van der Waals surface area contributed by atoms with Crippen LogP contribution in [-0.2, 0) is 4.79 Å². The van der Waals surface area contributed by atoms with Crippen molar-refractivity contribution in [2.24, 2.45) is 5.73 Å². The van der Waals surface area contributed by atoms with Crippen LogP contribution in [-0.4, -0.2) is 36.0 Å². The summed E-state index contributed by atoms with van der Waals surface area (Å²) in [5.74, 6) is 0.723. The molecule has 0 spiro atoms. The van der Waals surface area contributed by atoms with E-state index in [-0.39, 0.29) is 5.91 Å². The molecule has 0 atom stereocenters. The lowest BCUT2D eigenvalue weighted by molar-refractivity contribution is -0.130. The number of hydrogen-bond acceptors (Lipinski definition) is 3. The van der Waals surface area contributed by atoms with Gasteiger partial charge in [0.1, 0.15) is 5.75 Å². The Morgan fingerprint density at radius 3 is 2.70 bits per heavy atom. The summed E-state index contributed by atoms with van der Waals surface area (Å²) in [4.78, 5) is 13.9. The summed E-state index contributed by atoms with van der Waals surface area (Å²) in [5.41, 5.74) is 5.41. The number of nitrogens with two attached hydrogens (primary N) is 1. The summed E-state index contributed by atoms with van der Waals surface area (Å²) < 4.78 is 7.38. The van der Waals surface area contributed by atoms with Gasteiger partial charge in [-0.15, -0.1) is 0 Å². The molecule has 7 heteroatoms. The normalized spacial score (nSPS) is 10.2. The van der Waals surface area contributed by atoms with Crippen LogP contribution in [0.4, 0.5) is 0 Å². The first kappa shape index (κ1) is 17.4. The molecule has 110 valence electrons. The topological polar surface area (TPSA) is 55.6 Å². The van der Waals surface area contributed by atoms with E-state index in [2.05, 4.69) is 31.9 Å². The molecule has 1 rings (SSSR count). The number of nitrogens with zero attached hydrogens (tertiary/aromatic N) is 1. The van der Waals surface area contributed by atoms with E-state index in [1.54, 1.807) is 11.9 Å². The smallest absolute Gasteiger partial charge is 0.225 e. The van der Waals surface area contributed by atoms with Crippen molar-refractivity contribution < 1.29 is 9.53 Å². The van der Waals surface area contributed by atoms with Crippen molar-refractivity contribution in [1.82, 2.24) is 4.90 Å². The van der Waals surface area contributed by atoms with Crippen molar-refractivity contribution in [3.8, 4) is 5.75 Å². The van der Waals surface area contributed by atoms with E-state index >= 15 is 0 Å². The van der Waals surface area contributed by atoms with Crippen LogP contribution in [0.5, 0.6) is 5.75 Å². The van der Waals surface area contributed by atoms with Gasteiger partial charge in [-0.3, -0.25) is 4.79 Å². The standard InChI is InChI=1S/C13H16Br2N2O2S/c1-17(6-4-12(16)20)13(18)5-7-19-11-3-2-9(14)8-10(11)15/h2-3,8H,4-7H2,1H3,(H2,16,20). The molecule has 0 saturated heterocycles. The van der Waals surface area contributed by atoms with E-state index in [0.717, 1.165) is 8.95 Å². The van der Waals surface area contributed by atoms with E-state index in [1.165, 1.54) is 0 Å². The Labute approximate surface area is 140 Å². The molecule has 0 aromatic heterocycles. The first-order valence-electron chi connectivity index (χ1n) is 6.00. The largest absolute Gasteiger partial charge is 0.492 e. The highest BCUT2D eigenvalue weighted by Crippen LogP contribution is 2.28. The van der Waals surface area contributed by atoms with Crippen LogP contribution in [0.15, 0.2) is 27.1 Å². The number of rotatable bonds is 7. The Morgan fingerprint density at radius 2 is 2.10 bits per heavy atom. The monoisotopic (exact) mass is 422 g/mol. The third-order valence-corrected chi connectivity index (χ3v) is 3.90. The fourth-order valence-corrected chi connectivity index (χ4v) is 2.69. The van der Waals surface area contributed by atoms with Crippen molar-refractivity contribution in [2.75, 3.05) is 20.2 Å². The van der Waals surface area contributed by atoms with Crippen LogP contribution >= 0.6 is 44.1 Å². The zero-order valence-electron chi connectivity index (χ0n) is 11.1. The van der Waals surface area contributed by atoms with Gasteiger partial charge >= 0.3 is 0 Å². The minimum absolute atomic E-state index is 0.00878. The summed E-state index contributed by atoms with van der Waals surface area (Å²) in [6, 6.07) is 5.62. The maximum atomic E-state index is 11.8. The van der Waals surface area contributed by atoms with E-state index in [0.29, 0.717) is 36.7 Å². The number of hydrogen-bond donors (Lipinski definition) is 1. The van der Waals surface area contributed by atoms with Gasteiger partial charge in [0, 0.05) is 24.5 Å². The Kier molecular flexibility index (Phi) is 7.47. The van der Waals surface area contributed by atoms with Gasteiger partial charge in [-0.05, 0) is 34.1 Å². The maximum absolute atomic E-state index is 11.8. The summed E-state index contributed by atoms with van der Waals surface area (Å²) in [6.45, 7) is 0.868. The van der Waals surface area contributed by atoms with Gasteiger partial charge in [-0.25, -0.2) is 0 Å². The highest BCUT2D eigenvalue weighted by molar-refractivity contribution is 9.11. The van der Waals surface area contributed by atoms with Crippen LogP contribution in [0.1, 0.15) is 12.8 Å². The van der Waals surface area contributed by atoms with Gasteiger partial charge in [-0.1, -0.05) is 28.1 Å². The third kappa shape index (κ3) is 6.19. The van der Waals surface area contributed by atoms with E-state index in [1.807, 2.05) is 18.2 Å². The molecule has 0 saturated carbocycles. The number of amides is 1. The summed E-state index contributed by atoms with van der Waals surface area (Å²) in [7, 11) is 1.73. The number of ether oxygens (including phenoxy) is 1. The van der Waals surface area contributed by atoms with Gasteiger partial charge in [0.15, 0.2) is 0 Å². The molecule has 0 aliphatic carbocycles. The molecule has 4 nitrogen and oxygen atoms in total. The molecule has 0 heterocycles. The van der Waals surface area contributed by atoms with Crippen molar-refractivity contribution in [1.29, 1.82) is 0 Å². The molecular formula is C13H16Br2N2O2S. The Bertz CT molecular complexity index is 497. The molecule has 0 aliphatic heterocycles. The van der Waals surface area contributed by atoms with Gasteiger partial charge in [0.05, 0.1) is 22.5 Å². The molecule has 1 amide bonds. The molecule has 1 aromatic rings. The molecule has 20 heavy (non-hydrogen) atoms. The van der Waals surface area contributed by atoms with E-state index in [9.17, 15) is 4.79 Å². The van der Waals surface area contributed by atoms with Crippen LogP contribution < -0.4 is 10.5 Å². The number of thiocarbonyl (C=S) groups is 1. The Hall–Kier alpha value is -0.660. The van der Waals surface area contributed by atoms with Gasteiger partial charge in [-0.2, -0.15) is 0 Å². The maximum Gasteiger partial charge on any atom is 0.225 e. The van der Waals surface area contributed by atoms with Crippen molar-refractivity contribution in [3.05, 3.63) is 27.1 Å². The van der Waals surface area contributed by atoms with Gasteiger partial charge in [0.2, 0.25) is 5.91 Å². The van der Waals surface area contributed by atoms with Crippen LogP contribution in [0, 0.1) is 0 Å². The second-order valence-corrected chi connectivity index (χ2v) is 6.50. The van der Waals surface area contributed by atoms with Crippen molar-refractivity contribution in [2.45, 2.75) is 12.8 Å². The van der Waals surface area contributed by atoms with Crippen LogP contribution in [0.3, 0.4) is 0 Å². The fraction of sp³-hybridized carbons (Fsp3) is 0.385. The molecule has 0 radical (unpaired) electrons. The predicted octanol–water partition coefficient (Wildman–Crippen LogP) is 3.12. The average molecular weight is 424 g/mol. The first-order chi connectivity index (χ1) is 9.40. The summed E-state index contributed by atoms with van der Waals surface area (Å²) in [6.07, 6.45) is 0.854. The number of benzene rings is 1. The minimum Gasteiger partial charge on any atom is -0.492 e. The first-order valence-corrected chi connectivity index (χ1v) is 7.99. The Balaban J connectivity index is 2.36. The molecular weight excluding hydrogens is 408 g/mol. The van der Waals surface area contributed by atoms with E-state index < -0.39 is 0 Å². The quantitative estimate of drug-likeness (QED) is 0.684. The van der Waals surface area contributed by atoms with Crippen LogP contribution in [0.2, 0.25) is 0 Å². The number of halogens is 2. The van der Waals surface area contributed by atoms with Gasteiger partial charge in [0.25, 0.3) is 0 Å². The summed E-state index contributed by atoms with van der Waals surface area (Å²) >= 11 is 11.6. The summed E-state index contributed by atoms with van der Waals surface area (Å²) in [5, 5.41) is 0. The lowest BCUT2D eigenvalue weighted by Crippen LogP contribution is -2.30. The van der Waals surface area contributed by atoms with Gasteiger partial charge < -0.3 is 15.4 Å². The highest BCUT2D eigenvalue weighted by Gasteiger charge is 2.09. The molecule has 2 N–H and O–H groups in total. The van der Waals surface area contributed by atoms with E-state index in [4.69, 9.17) is 22.7 Å². The number of carbonyl (C=O) groups excluding carboxylic acids is 1. The molecule has 0 bridgehead atoms. The molecule has 0 aliphatic rings. The lowest BCUT2D eigenvalue weighted by Gasteiger charge is -2.17.